The molecule has 4 aromatic rings. The fourth-order valence-electron chi connectivity index (χ4n) is 4.35. The fourth-order valence-corrected chi connectivity index (χ4v) is 5.35. The van der Waals surface area contributed by atoms with Gasteiger partial charge in [-0.05, 0) is 68.3 Å². The number of rotatable bonds is 6. The summed E-state index contributed by atoms with van der Waals surface area (Å²) in [5.41, 5.74) is 2.85. The molecule has 0 radical (unpaired) electrons. The standard InChI is InChI=1S/C29H24N4O5S/c1-17-7-4-5-9-22(17)31-27(34)25-19(3)30-29-32(26(25)23-16-11-18(2)38-23)28(35)24(39-29)10-6-8-20-12-14-21(15-13-20)33(36)37/h4-16,26H,1-3H3,(H,31,34). The second-order valence-electron chi connectivity index (χ2n) is 9.03. The molecule has 0 saturated heterocycles. The van der Waals surface area contributed by atoms with Crippen LogP contribution in [0.1, 0.15) is 35.6 Å². The van der Waals surface area contributed by atoms with Crippen LogP contribution < -0.4 is 20.2 Å². The number of nitrogens with zero attached hydrogens (tertiary/aromatic N) is 3. The number of aromatic nitrogens is 1. The topological polar surface area (TPSA) is 120 Å². The zero-order valence-corrected chi connectivity index (χ0v) is 22.2. The van der Waals surface area contributed by atoms with Gasteiger partial charge >= 0.3 is 0 Å². The van der Waals surface area contributed by atoms with Crippen molar-refractivity contribution in [2.24, 2.45) is 4.99 Å². The van der Waals surface area contributed by atoms with Crippen LogP contribution in [0, 0.1) is 24.0 Å². The highest BCUT2D eigenvalue weighted by Gasteiger charge is 2.34. The van der Waals surface area contributed by atoms with Gasteiger partial charge in [-0.1, -0.05) is 41.7 Å². The molecule has 39 heavy (non-hydrogen) atoms. The first kappa shape index (κ1) is 25.8. The zero-order chi connectivity index (χ0) is 27.7. The normalized spacial score (nSPS) is 15.4. The Hall–Kier alpha value is -4.83. The molecular formula is C29H24N4O5S. The van der Waals surface area contributed by atoms with Crippen LogP contribution in [0.5, 0.6) is 0 Å². The third kappa shape index (κ3) is 5.14. The molecule has 1 N–H and O–H groups in total. The number of non-ortho nitro benzene ring substituents is 1. The van der Waals surface area contributed by atoms with Crippen LogP contribution in [-0.4, -0.2) is 15.4 Å². The number of carbonyl (C=O) groups is 1. The maximum Gasteiger partial charge on any atom is 0.271 e. The number of hydrogen-bond donors (Lipinski definition) is 1. The van der Waals surface area contributed by atoms with Crippen LogP contribution in [0.25, 0.3) is 12.2 Å². The van der Waals surface area contributed by atoms with E-state index in [9.17, 15) is 19.7 Å². The van der Waals surface area contributed by atoms with Gasteiger partial charge in [0.1, 0.15) is 17.6 Å². The van der Waals surface area contributed by atoms with E-state index in [1.54, 1.807) is 56.3 Å². The van der Waals surface area contributed by atoms with Crippen molar-refractivity contribution in [1.29, 1.82) is 0 Å². The van der Waals surface area contributed by atoms with Gasteiger partial charge < -0.3 is 9.73 Å². The van der Waals surface area contributed by atoms with E-state index in [1.165, 1.54) is 28.0 Å². The minimum absolute atomic E-state index is 0.00579. The molecule has 2 aromatic heterocycles. The Balaban J connectivity index is 1.55. The maximum atomic E-state index is 13.6. The number of allylic oxidation sites excluding steroid dienone is 2. The lowest BCUT2D eigenvalue weighted by molar-refractivity contribution is -0.384. The smallest absolute Gasteiger partial charge is 0.271 e. The molecule has 3 heterocycles. The summed E-state index contributed by atoms with van der Waals surface area (Å²) in [5.74, 6) is 0.759. The highest BCUT2D eigenvalue weighted by atomic mass is 32.1. The van der Waals surface area contributed by atoms with Crippen molar-refractivity contribution >= 4 is 40.8 Å². The third-order valence-electron chi connectivity index (χ3n) is 6.33. The first-order chi connectivity index (χ1) is 18.7. The van der Waals surface area contributed by atoms with Gasteiger partial charge in [-0.2, -0.15) is 0 Å². The summed E-state index contributed by atoms with van der Waals surface area (Å²) in [7, 11) is 0. The lowest BCUT2D eigenvalue weighted by atomic mass is 10.00. The quantitative estimate of drug-likeness (QED) is 0.282. The molecule has 2 aromatic carbocycles. The Bertz CT molecular complexity index is 1840. The number of carbonyl (C=O) groups excluding carboxylic acids is 1. The van der Waals surface area contributed by atoms with E-state index in [4.69, 9.17) is 4.42 Å². The predicted molar refractivity (Wildman–Crippen MR) is 150 cm³/mol. The largest absolute Gasteiger partial charge is 0.464 e. The Morgan fingerprint density at radius 2 is 1.85 bits per heavy atom. The summed E-state index contributed by atoms with van der Waals surface area (Å²) >= 11 is 1.21. The summed E-state index contributed by atoms with van der Waals surface area (Å²) in [6.07, 6.45) is 5.13. The van der Waals surface area contributed by atoms with Gasteiger partial charge in [0.15, 0.2) is 4.80 Å². The highest BCUT2D eigenvalue weighted by molar-refractivity contribution is 7.07. The minimum atomic E-state index is -0.792. The molecule has 0 fully saturated rings. The van der Waals surface area contributed by atoms with Gasteiger partial charge in [0, 0.05) is 17.8 Å². The summed E-state index contributed by atoms with van der Waals surface area (Å²) in [6, 6.07) is 16.3. The van der Waals surface area contributed by atoms with Crippen molar-refractivity contribution in [1.82, 2.24) is 4.57 Å². The molecule has 1 atom stereocenters. The van der Waals surface area contributed by atoms with Gasteiger partial charge in [0.05, 0.1) is 20.7 Å². The number of benzene rings is 2. The summed E-state index contributed by atoms with van der Waals surface area (Å²) < 4.78 is 7.85. The number of hydrogen-bond acceptors (Lipinski definition) is 7. The number of fused-ring (bicyclic) bond motifs is 1. The zero-order valence-electron chi connectivity index (χ0n) is 21.4. The fraction of sp³-hybridized carbons (Fsp3) is 0.138. The van der Waals surface area contributed by atoms with Crippen molar-refractivity contribution in [3.05, 3.63) is 130 Å². The summed E-state index contributed by atoms with van der Waals surface area (Å²) in [4.78, 5) is 42.7. The van der Waals surface area contributed by atoms with E-state index in [1.807, 2.05) is 31.2 Å². The number of nitrogens with one attached hydrogen (secondary N) is 1. The molecule has 10 heteroatoms. The number of nitro groups is 1. The van der Waals surface area contributed by atoms with Crippen molar-refractivity contribution < 1.29 is 14.1 Å². The maximum absolute atomic E-state index is 13.6. The summed E-state index contributed by atoms with van der Waals surface area (Å²) in [6.45, 7) is 5.46. The van der Waals surface area contributed by atoms with E-state index in [2.05, 4.69) is 10.3 Å². The van der Waals surface area contributed by atoms with Gasteiger partial charge in [-0.15, -0.1) is 0 Å². The number of amides is 1. The molecule has 196 valence electrons. The second kappa shape index (κ2) is 10.5. The molecule has 0 aliphatic carbocycles. The molecular weight excluding hydrogens is 516 g/mol. The van der Waals surface area contributed by atoms with Gasteiger partial charge in [0.2, 0.25) is 0 Å². The molecule has 9 nitrogen and oxygen atoms in total. The Morgan fingerprint density at radius 1 is 1.10 bits per heavy atom. The van der Waals surface area contributed by atoms with Crippen molar-refractivity contribution in [2.75, 3.05) is 5.32 Å². The van der Waals surface area contributed by atoms with Crippen molar-refractivity contribution in [3.63, 3.8) is 0 Å². The number of anilines is 1. The first-order valence-corrected chi connectivity index (χ1v) is 12.9. The lowest BCUT2D eigenvalue weighted by Crippen LogP contribution is -2.40. The van der Waals surface area contributed by atoms with Crippen molar-refractivity contribution in [2.45, 2.75) is 26.8 Å². The first-order valence-electron chi connectivity index (χ1n) is 12.1. The van der Waals surface area contributed by atoms with Gasteiger partial charge in [-0.25, -0.2) is 4.99 Å². The van der Waals surface area contributed by atoms with Crippen LogP contribution in [0.15, 0.2) is 92.2 Å². The number of para-hydroxylation sites is 1. The number of furan rings is 1. The van der Waals surface area contributed by atoms with E-state index in [0.29, 0.717) is 37.8 Å². The molecule has 0 bridgehead atoms. The Labute approximate surface area is 226 Å². The SMILES string of the molecule is CC1=C(C(=O)Nc2ccccc2C)C(c2ccc(C)o2)n2c(sc(=CC=Cc3ccc([N+](=O)[O-])cc3)c2=O)=N1. The second-order valence-corrected chi connectivity index (χ2v) is 10.0. The monoisotopic (exact) mass is 540 g/mol. The highest BCUT2D eigenvalue weighted by Crippen LogP contribution is 2.32. The number of aryl methyl sites for hydroxylation is 2. The van der Waals surface area contributed by atoms with E-state index >= 15 is 0 Å². The average molecular weight is 541 g/mol. The van der Waals surface area contributed by atoms with E-state index in [-0.39, 0.29) is 17.2 Å². The van der Waals surface area contributed by atoms with E-state index in [0.717, 1.165) is 11.1 Å². The molecule has 0 saturated carbocycles. The third-order valence-corrected chi connectivity index (χ3v) is 7.33. The van der Waals surface area contributed by atoms with Crippen LogP contribution in [0.4, 0.5) is 11.4 Å². The molecule has 1 aliphatic rings. The average Bonchev–Trinajstić information content (AvgIpc) is 3.47. The molecule has 0 spiro atoms. The van der Waals surface area contributed by atoms with Crippen LogP contribution in [0.3, 0.4) is 0 Å². The lowest BCUT2D eigenvalue weighted by Gasteiger charge is -2.23. The Morgan fingerprint density at radius 3 is 2.51 bits per heavy atom. The molecule has 5 rings (SSSR count). The van der Waals surface area contributed by atoms with Crippen molar-refractivity contribution in [3.8, 4) is 0 Å². The van der Waals surface area contributed by atoms with Crippen LogP contribution in [-0.2, 0) is 4.79 Å². The molecule has 1 aliphatic heterocycles. The Kier molecular flexibility index (Phi) is 6.95. The van der Waals surface area contributed by atoms with Gasteiger partial charge in [-0.3, -0.25) is 24.3 Å². The summed E-state index contributed by atoms with van der Waals surface area (Å²) in [5, 5.41) is 13.8. The van der Waals surface area contributed by atoms with E-state index < -0.39 is 11.0 Å². The minimum Gasteiger partial charge on any atom is -0.464 e. The molecule has 1 amide bonds. The van der Waals surface area contributed by atoms with Gasteiger partial charge in [0.25, 0.3) is 17.2 Å². The number of thiazole rings is 1. The van der Waals surface area contributed by atoms with Crippen LogP contribution >= 0.6 is 11.3 Å². The molecule has 1 unspecified atom stereocenters. The predicted octanol–water partition coefficient (Wildman–Crippen LogP) is 4.66. The number of nitro benzene ring substituents is 1. The van der Waals surface area contributed by atoms with Crippen LogP contribution in [0.2, 0.25) is 0 Å².